The van der Waals surface area contributed by atoms with E-state index in [1.165, 1.54) is 0 Å². The van der Waals surface area contributed by atoms with E-state index in [9.17, 15) is 9.59 Å². The fourth-order valence-electron chi connectivity index (χ4n) is 2.07. The first-order chi connectivity index (χ1) is 7.61. The summed E-state index contributed by atoms with van der Waals surface area (Å²) in [5.41, 5.74) is 2.04. The summed E-state index contributed by atoms with van der Waals surface area (Å²) in [6.45, 7) is 0. The molecule has 1 heterocycles. The molecule has 0 aromatic heterocycles. The normalized spacial score (nSPS) is 15.4. The molecule has 1 aliphatic heterocycles. The Labute approximate surface area is 89.4 Å². The number of hydrogen-bond donors (Lipinski definition) is 2. The van der Waals surface area contributed by atoms with Gasteiger partial charge in [-0.15, -0.1) is 0 Å². The third-order valence-electron chi connectivity index (χ3n) is 2.70. The van der Waals surface area contributed by atoms with Crippen LogP contribution in [-0.2, 0) is 9.59 Å². The fourth-order valence-corrected chi connectivity index (χ4v) is 2.07. The summed E-state index contributed by atoms with van der Waals surface area (Å²) in [6.07, 6.45) is 0. The molecule has 16 heavy (non-hydrogen) atoms. The number of hydrogen-bond acceptors (Lipinski definition) is 3. The van der Waals surface area contributed by atoms with Gasteiger partial charge in [0.25, 0.3) is 0 Å². The van der Waals surface area contributed by atoms with Gasteiger partial charge in [0, 0.05) is 16.7 Å². The van der Waals surface area contributed by atoms with Crippen LogP contribution < -0.4 is 0 Å². The van der Waals surface area contributed by atoms with E-state index in [1.807, 2.05) is 0 Å². The van der Waals surface area contributed by atoms with Crippen LogP contribution in [0.15, 0.2) is 23.2 Å². The molecular formula is C11H5NO4. The molecule has 3 rings (SSSR count). The van der Waals surface area contributed by atoms with Crippen molar-refractivity contribution >= 4 is 28.9 Å². The second kappa shape index (κ2) is 2.57. The highest BCUT2D eigenvalue weighted by Gasteiger charge is 2.39. The Hall–Kier alpha value is -2.43. The number of rotatable bonds is 2. The quantitative estimate of drug-likeness (QED) is 0.765. The van der Waals surface area contributed by atoms with E-state index in [4.69, 9.17) is 10.2 Å². The fraction of sp³-hybridized carbons (Fsp3) is 0. The van der Waals surface area contributed by atoms with E-state index in [2.05, 4.69) is 4.99 Å². The average Bonchev–Trinajstić information content (AvgIpc) is 2.53. The lowest BCUT2D eigenvalue weighted by molar-refractivity contribution is -0.131. The zero-order chi connectivity index (χ0) is 11.4. The Bertz CT molecular complexity index is 625. The van der Waals surface area contributed by atoms with Crippen molar-refractivity contribution in [1.29, 1.82) is 0 Å². The monoisotopic (exact) mass is 215 g/mol. The molecule has 0 unspecified atom stereocenters. The minimum Gasteiger partial charge on any atom is -0.478 e. The Morgan fingerprint density at radius 3 is 2.38 bits per heavy atom. The number of benzene rings is 1. The molecule has 0 fully saturated rings. The van der Waals surface area contributed by atoms with Gasteiger partial charge in [-0.3, -0.25) is 0 Å². The first kappa shape index (κ1) is 8.84. The highest BCUT2D eigenvalue weighted by Crippen LogP contribution is 2.47. The van der Waals surface area contributed by atoms with Crippen LogP contribution in [0.2, 0.25) is 0 Å². The third-order valence-corrected chi connectivity index (χ3v) is 2.70. The zero-order valence-corrected chi connectivity index (χ0v) is 7.89. The van der Waals surface area contributed by atoms with E-state index < -0.39 is 11.9 Å². The van der Waals surface area contributed by atoms with Gasteiger partial charge in [-0.05, 0) is 0 Å². The second-order valence-electron chi connectivity index (χ2n) is 3.52. The maximum Gasteiger partial charge on any atom is 0.355 e. The van der Waals surface area contributed by atoms with E-state index >= 15 is 0 Å². The van der Waals surface area contributed by atoms with Crippen molar-refractivity contribution in [3.05, 3.63) is 34.9 Å². The van der Waals surface area contributed by atoms with Crippen LogP contribution in [0.1, 0.15) is 16.7 Å². The Balaban J connectivity index is 2.31. The van der Waals surface area contributed by atoms with Gasteiger partial charge < -0.3 is 10.2 Å². The topological polar surface area (TPSA) is 87.0 Å². The van der Waals surface area contributed by atoms with Gasteiger partial charge in [-0.25, -0.2) is 14.6 Å². The molecule has 0 spiro atoms. The molecule has 1 aliphatic carbocycles. The molecule has 0 saturated heterocycles. The first-order valence-corrected chi connectivity index (χ1v) is 4.55. The lowest BCUT2D eigenvalue weighted by atomic mass is 9.83. The van der Waals surface area contributed by atoms with Crippen molar-refractivity contribution in [2.24, 2.45) is 4.99 Å². The molecular weight excluding hydrogens is 210 g/mol. The van der Waals surface area contributed by atoms with Gasteiger partial charge in [0.05, 0.1) is 11.3 Å². The number of nitrogens with zero attached hydrogens (tertiary/aromatic N) is 1. The summed E-state index contributed by atoms with van der Waals surface area (Å²) in [7, 11) is 0. The number of carboxylic acid groups (broad SMARTS) is 2. The predicted octanol–water partition coefficient (Wildman–Crippen LogP) is 0.840. The lowest BCUT2D eigenvalue weighted by Crippen LogP contribution is -2.14. The minimum absolute atomic E-state index is 0.0805. The number of carboxylic acids is 2. The molecule has 0 saturated carbocycles. The van der Waals surface area contributed by atoms with Gasteiger partial charge in [-0.2, -0.15) is 0 Å². The lowest BCUT2D eigenvalue weighted by Gasteiger charge is -2.19. The maximum absolute atomic E-state index is 10.9. The summed E-state index contributed by atoms with van der Waals surface area (Å²) < 4.78 is 0. The van der Waals surface area contributed by atoms with Crippen LogP contribution in [0.5, 0.6) is 0 Å². The molecule has 0 amide bonds. The van der Waals surface area contributed by atoms with E-state index in [0.29, 0.717) is 16.7 Å². The molecule has 1 aromatic carbocycles. The van der Waals surface area contributed by atoms with Crippen LogP contribution in [0.4, 0.5) is 0 Å². The van der Waals surface area contributed by atoms with Gasteiger partial charge in [0.15, 0.2) is 5.71 Å². The maximum atomic E-state index is 10.9. The summed E-state index contributed by atoms with van der Waals surface area (Å²) in [5, 5.41) is 17.9. The van der Waals surface area contributed by atoms with Crippen LogP contribution in [0, 0.1) is 0 Å². The molecule has 0 bridgehead atoms. The zero-order valence-electron chi connectivity index (χ0n) is 7.89. The largest absolute Gasteiger partial charge is 0.478 e. The Kier molecular flexibility index (Phi) is 1.42. The Morgan fingerprint density at radius 2 is 1.75 bits per heavy atom. The van der Waals surface area contributed by atoms with Gasteiger partial charge in [0.1, 0.15) is 0 Å². The van der Waals surface area contributed by atoms with Crippen molar-refractivity contribution in [1.82, 2.24) is 0 Å². The smallest absolute Gasteiger partial charge is 0.355 e. The molecule has 5 heteroatoms. The second-order valence-corrected chi connectivity index (χ2v) is 3.52. The van der Waals surface area contributed by atoms with Crippen molar-refractivity contribution in [3.63, 3.8) is 0 Å². The average molecular weight is 215 g/mol. The highest BCUT2D eigenvalue weighted by atomic mass is 16.4. The predicted molar refractivity (Wildman–Crippen MR) is 55.1 cm³/mol. The van der Waals surface area contributed by atoms with Crippen molar-refractivity contribution in [2.45, 2.75) is 0 Å². The SMILES string of the molecule is O=C(O)C1=NC2=C(C(=O)O)c3cccc1c32. The minimum atomic E-state index is -1.14. The van der Waals surface area contributed by atoms with E-state index in [0.717, 1.165) is 0 Å². The third kappa shape index (κ3) is 0.826. The molecule has 1 aromatic rings. The van der Waals surface area contributed by atoms with Gasteiger partial charge in [-0.1, -0.05) is 18.2 Å². The van der Waals surface area contributed by atoms with Gasteiger partial charge >= 0.3 is 11.9 Å². The number of aliphatic imine (C=N–C) groups is 1. The summed E-state index contributed by atoms with van der Waals surface area (Å²) in [6, 6.07) is 4.93. The van der Waals surface area contributed by atoms with E-state index in [-0.39, 0.29) is 17.0 Å². The Morgan fingerprint density at radius 1 is 1.06 bits per heavy atom. The van der Waals surface area contributed by atoms with Crippen LogP contribution in [-0.4, -0.2) is 27.9 Å². The molecule has 0 radical (unpaired) electrons. The van der Waals surface area contributed by atoms with Gasteiger partial charge in [0.2, 0.25) is 0 Å². The van der Waals surface area contributed by atoms with Crippen molar-refractivity contribution in [2.75, 3.05) is 0 Å². The van der Waals surface area contributed by atoms with Crippen molar-refractivity contribution < 1.29 is 19.8 Å². The van der Waals surface area contributed by atoms with Crippen molar-refractivity contribution in [3.8, 4) is 0 Å². The first-order valence-electron chi connectivity index (χ1n) is 4.55. The molecule has 78 valence electrons. The highest BCUT2D eigenvalue weighted by molar-refractivity contribution is 6.49. The summed E-state index contributed by atoms with van der Waals surface area (Å²) in [5.74, 6) is -2.21. The number of aliphatic carboxylic acids is 2. The molecule has 5 nitrogen and oxygen atoms in total. The van der Waals surface area contributed by atoms with Crippen LogP contribution >= 0.6 is 0 Å². The molecule has 2 aliphatic rings. The summed E-state index contributed by atoms with van der Waals surface area (Å²) >= 11 is 0. The van der Waals surface area contributed by atoms with Crippen LogP contribution in [0.25, 0.3) is 11.3 Å². The standard InChI is InChI=1S/C11H5NO4/c13-10(14)7-4-2-1-3-5-6(4)9(7)12-8(5)11(15)16/h1-3H,(H,13,14)(H,15,16). The molecule has 0 atom stereocenters. The van der Waals surface area contributed by atoms with E-state index in [1.54, 1.807) is 18.2 Å². The molecule has 2 N–H and O–H groups in total. The van der Waals surface area contributed by atoms with Crippen LogP contribution in [0.3, 0.4) is 0 Å². The number of carbonyl (C=O) groups is 2. The summed E-state index contributed by atoms with van der Waals surface area (Å²) in [4.78, 5) is 25.7.